The molecule has 0 radical (unpaired) electrons. The molecule has 0 unspecified atom stereocenters. The minimum Gasteiger partial charge on any atom is -0.492 e. The molecule has 0 saturated carbocycles. The zero-order valence-electron chi connectivity index (χ0n) is 5.92. The van der Waals surface area contributed by atoms with Gasteiger partial charge in [0.05, 0.1) is 12.8 Å². The molecule has 5 heteroatoms. The minimum absolute atomic E-state index is 0.0231. The molecule has 1 aromatic rings. The molecule has 0 aliphatic rings. The average Bonchev–Trinajstić information content (AvgIpc) is 2.30. The largest absolute Gasteiger partial charge is 0.492 e. The fourth-order valence-corrected chi connectivity index (χ4v) is 0.804. The third-order valence-corrected chi connectivity index (χ3v) is 1.28. The van der Waals surface area contributed by atoms with Gasteiger partial charge in [0.25, 0.3) is 0 Å². The van der Waals surface area contributed by atoms with Gasteiger partial charge in [-0.05, 0) is 0 Å². The van der Waals surface area contributed by atoms with Crippen molar-refractivity contribution < 1.29 is 14.6 Å². The van der Waals surface area contributed by atoms with Gasteiger partial charge in [-0.25, -0.2) is 4.79 Å². The van der Waals surface area contributed by atoms with Crippen molar-refractivity contribution in [3.63, 3.8) is 0 Å². The van der Waals surface area contributed by atoms with Crippen LogP contribution in [0.15, 0.2) is 6.20 Å². The number of nitrogens with one attached hydrogen (secondary N) is 1. The minimum atomic E-state index is -1.08. The van der Waals surface area contributed by atoms with Gasteiger partial charge in [-0.2, -0.15) is 0 Å². The number of carboxylic acid groups (broad SMARTS) is 1. The highest BCUT2D eigenvalue weighted by molar-refractivity contribution is 5.91. The van der Waals surface area contributed by atoms with Crippen LogP contribution in [0.1, 0.15) is 10.5 Å². The summed E-state index contributed by atoms with van der Waals surface area (Å²) in [5.74, 6) is -0.906. The van der Waals surface area contributed by atoms with E-state index in [0.717, 1.165) is 0 Å². The summed E-state index contributed by atoms with van der Waals surface area (Å²) in [5.41, 5.74) is 5.64. The number of ether oxygens (including phenoxy) is 1. The Labute approximate surface area is 62.8 Å². The first-order valence-corrected chi connectivity index (χ1v) is 2.91. The maximum atomic E-state index is 10.4. The van der Waals surface area contributed by atoms with Gasteiger partial charge < -0.3 is 20.6 Å². The van der Waals surface area contributed by atoms with E-state index in [1.807, 2.05) is 0 Å². The van der Waals surface area contributed by atoms with E-state index in [9.17, 15) is 4.79 Å². The fraction of sp³-hybridized carbons (Fsp3) is 0.167. The summed E-state index contributed by atoms with van der Waals surface area (Å²) in [4.78, 5) is 12.9. The summed E-state index contributed by atoms with van der Waals surface area (Å²) in [6, 6.07) is 0. The average molecular weight is 156 g/mol. The number of H-pyrrole nitrogens is 1. The summed E-state index contributed by atoms with van der Waals surface area (Å²) in [5, 5.41) is 8.54. The molecule has 5 nitrogen and oxygen atoms in total. The highest BCUT2D eigenvalue weighted by Gasteiger charge is 2.14. The van der Waals surface area contributed by atoms with Crippen LogP contribution in [0.4, 0.5) is 5.69 Å². The van der Waals surface area contributed by atoms with Crippen LogP contribution < -0.4 is 10.5 Å². The molecule has 11 heavy (non-hydrogen) atoms. The van der Waals surface area contributed by atoms with Crippen molar-refractivity contribution in [1.82, 2.24) is 4.98 Å². The molecule has 1 aromatic heterocycles. The molecule has 60 valence electrons. The van der Waals surface area contributed by atoms with E-state index in [4.69, 9.17) is 15.6 Å². The molecule has 1 rings (SSSR count). The summed E-state index contributed by atoms with van der Waals surface area (Å²) >= 11 is 0. The van der Waals surface area contributed by atoms with Gasteiger partial charge in [-0.1, -0.05) is 0 Å². The number of anilines is 1. The second-order valence-corrected chi connectivity index (χ2v) is 1.96. The Bertz CT molecular complexity index is 279. The van der Waals surface area contributed by atoms with Crippen LogP contribution in [-0.4, -0.2) is 23.2 Å². The molecule has 0 aliphatic heterocycles. The van der Waals surface area contributed by atoms with Gasteiger partial charge in [-0.3, -0.25) is 0 Å². The summed E-state index contributed by atoms with van der Waals surface area (Å²) in [6.07, 6.45) is 1.38. The lowest BCUT2D eigenvalue weighted by Crippen LogP contribution is -1.99. The van der Waals surface area contributed by atoms with E-state index in [-0.39, 0.29) is 11.4 Å². The van der Waals surface area contributed by atoms with Gasteiger partial charge in [0.15, 0.2) is 11.4 Å². The third-order valence-electron chi connectivity index (χ3n) is 1.28. The van der Waals surface area contributed by atoms with Crippen molar-refractivity contribution in [3.05, 3.63) is 11.9 Å². The SMILES string of the molecule is COc1c(N)c[nH]c1C(=O)O. The second kappa shape index (κ2) is 2.53. The lowest BCUT2D eigenvalue weighted by atomic mass is 10.4. The molecule has 0 spiro atoms. The van der Waals surface area contributed by atoms with Crippen molar-refractivity contribution in [2.45, 2.75) is 0 Å². The number of aromatic nitrogens is 1. The maximum Gasteiger partial charge on any atom is 0.356 e. The zero-order chi connectivity index (χ0) is 8.43. The number of carbonyl (C=O) groups is 1. The van der Waals surface area contributed by atoms with E-state index in [2.05, 4.69) is 4.98 Å². The number of methoxy groups -OCH3 is 1. The molecule has 0 saturated heterocycles. The zero-order valence-corrected chi connectivity index (χ0v) is 5.92. The van der Waals surface area contributed by atoms with Crippen LogP contribution in [0.2, 0.25) is 0 Å². The number of aromatic amines is 1. The van der Waals surface area contributed by atoms with E-state index in [0.29, 0.717) is 5.69 Å². The van der Waals surface area contributed by atoms with Gasteiger partial charge in [0.2, 0.25) is 0 Å². The lowest BCUT2D eigenvalue weighted by Gasteiger charge is -1.97. The number of nitrogen functional groups attached to an aromatic ring is 1. The summed E-state index contributed by atoms with van der Waals surface area (Å²) < 4.78 is 4.74. The van der Waals surface area contributed by atoms with Crippen LogP contribution in [0.25, 0.3) is 0 Å². The highest BCUT2D eigenvalue weighted by Crippen LogP contribution is 2.24. The Hall–Kier alpha value is -1.65. The fourth-order valence-electron chi connectivity index (χ4n) is 0.804. The van der Waals surface area contributed by atoms with Crippen LogP contribution in [-0.2, 0) is 0 Å². The van der Waals surface area contributed by atoms with Crippen LogP contribution in [0.3, 0.4) is 0 Å². The maximum absolute atomic E-state index is 10.4. The van der Waals surface area contributed by atoms with E-state index in [1.54, 1.807) is 0 Å². The first kappa shape index (κ1) is 7.46. The highest BCUT2D eigenvalue weighted by atomic mass is 16.5. The van der Waals surface area contributed by atoms with Crippen LogP contribution in [0.5, 0.6) is 5.75 Å². The Morgan fingerprint density at radius 1 is 1.82 bits per heavy atom. The Morgan fingerprint density at radius 2 is 2.45 bits per heavy atom. The number of hydrogen-bond donors (Lipinski definition) is 3. The van der Waals surface area contributed by atoms with Crippen molar-refractivity contribution >= 4 is 11.7 Å². The molecule has 0 atom stereocenters. The lowest BCUT2D eigenvalue weighted by molar-refractivity contribution is 0.0687. The van der Waals surface area contributed by atoms with Crippen LogP contribution >= 0.6 is 0 Å². The molecule has 0 aliphatic carbocycles. The topological polar surface area (TPSA) is 88.3 Å². The Balaban J connectivity index is 3.15. The number of aromatic carboxylic acids is 1. The number of rotatable bonds is 2. The molecule has 1 heterocycles. The monoisotopic (exact) mass is 156 g/mol. The molecule has 0 aromatic carbocycles. The Morgan fingerprint density at radius 3 is 2.82 bits per heavy atom. The number of carboxylic acids is 1. The molecule has 4 N–H and O–H groups in total. The molecule has 0 bridgehead atoms. The van der Waals surface area contributed by atoms with E-state index >= 15 is 0 Å². The smallest absolute Gasteiger partial charge is 0.356 e. The number of hydrogen-bond acceptors (Lipinski definition) is 3. The predicted octanol–water partition coefficient (Wildman–Crippen LogP) is 0.304. The van der Waals surface area contributed by atoms with Gasteiger partial charge in [0.1, 0.15) is 0 Å². The van der Waals surface area contributed by atoms with Gasteiger partial charge in [-0.15, -0.1) is 0 Å². The van der Waals surface area contributed by atoms with Crippen LogP contribution in [0, 0.1) is 0 Å². The van der Waals surface area contributed by atoms with Crippen molar-refractivity contribution in [1.29, 1.82) is 0 Å². The van der Waals surface area contributed by atoms with Crippen molar-refractivity contribution in [2.24, 2.45) is 0 Å². The summed E-state index contributed by atoms with van der Waals surface area (Å²) in [6.45, 7) is 0. The quantitative estimate of drug-likeness (QED) is 0.574. The normalized spacial score (nSPS) is 9.55. The van der Waals surface area contributed by atoms with Crippen molar-refractivity contribution in [3.8, 4) is 5.75 Å². The van der Waals surface area contributed by atoms with Gasteiger partial charge in [0, 0.05) is 6.20 Å². The Kier molecular flexibility index (Phi) is 1.72. The van der Waals surface area contributed by atoms with E-state index in [1.165, 1.54) is 13.3 Å². The second-order valence-electron chi connectivity index (χ2n) is 1.96. The van der Waals surface area contributed by atoms with Gasteiger partial charge >= 0.3 is 5.97 Å². The molecule has 0 fully saturated rings. The molecule has 0 amide bonds. The molecular weight excluding hydrogens is 148 g/mol. The predicted molar refractivity (Wildman–Crippen MR) is 38.7 cm³/mol. The molecular formula is C6H8N2O3. The standard InChI is InChI=1S/C6H8N2O3/c1-11-5-3(7)2-8-4(5)6(9)10/h2,8H,7H2,1H3,(H,9,10). The summed E-state index contributed by atoms with van der Waals surface area (Å²) in [7, 11) is 1.37. The first-order valence-electron chi connectivity index (χ1n) is 2.91. The van der Waals surface area contributed by atoms with E-state index < -0.39 is 5.97 Å². The number of nitrogens with two attached hydrogens (primary N) is 1. The van der Waals surface area contributed by atoms with Crippen molar-refractivity contribution in [2.75, 3.05) is 12.8 Å². The third kappa shape index (κ3) is 1.12. The first-order chi connectivity index (χ1) is 5.16.